The number of aromatic nitrogens is 3. The molecule has 2 rings (SSSR count). The zero-order valence-electron chi connectivity index (χ0n) is 10.1. The second kappa shape index (κ2) is 4.82. The minimum Gasteiger partial charge on any atom is -0.508 e. The van der Waals surface area contributed by atoms with Crippen LogP contribution >= 0.6 is 15.9 Å². The van der Waals surface area contributed by atoms with Crippen molar-refractivity contribution in [2.45, 2.75) is 5.03 Å². The van der Waals surface area contributed by atoms with Gasteiger partial charge < -0.3 is 5.11 Å². The first-order valence-electron chi connectivity index (χ1n) is 5.17. The molecule has 0 aliphatic carbocycles. The Balaban J connectivity index is 2.52. The van der Waals surface area contributed by atoms with Crippen molar-refractivity contribution in [2.75, 3.05) is 11.4 Å². The Morgan fingerprint density at radius 2 is 2.11 bits per heavy atom. The number of rotatable bonds is 3. The van der Waals surface area contributed by atoms with Crippen LogP contribution in [0.3, 0.4) is 0 Å². The van der Waals surface area contributed by atoms with Crippen LogP contribution in [0, 0.1) is 0 Å². The highest BCUT2D eigenvalue weighted by Gasteiger charge is 2.28. The molecule has 0 unspecified atom stereocenters. The molecule has 1 aromatic heterocycles. The van der Waals surface area contributed by atoms with Gasteiger partial charge in [-0.25, -0.2) is 4.68 Å². The van der Waals surface area contributed by atoms with Crippen LogP contribution in [0.25, 0.3) is 0 Å². The molecule has 2 aromatic rings. The molecule has 102 valence electrons. The molecule has 1 N–H and O–H groups in total. The van der Waals surface area contributed by atoms with E-state index in [4.69, 9.17) is 0 Å². The Labute approximate surface area is 118 Å². The molecular weight excluding hydrogens is 336 g/mol. The third kappa shape index (κ3) is 2.43. The van der Waals surface area contributed by atoms with Crippen LogP contribution in [0.1, 0.15) is 0 Å². The number of aromatic hydroxyl groups is 1. The van der Waals surface area contributed by atoms with E-state index >= 15 is 0 Å². The third-order valence-electron chi connectivity index (χ3n) is 2.54. The Hall–Kier alpha value is -1.61. The lowest BCUT2D eigenvalue weighted by Crippen LogP contribution is -2.28. The van der Waals surface area contributed by atoms with E-state index in [-0.39, 0.29) is 15.4 Å². The standard InChI is InChI=1S/C10H11BrN4O3S/c1-14-10(9(11)12-13-14)19(17,18)15(2)7-4-3-5-8(16)6-7/h3-6,16H,1-2H3. The summed E-state index contributed by atoms with van der Waals surface area (Å²) in [6.45, 7) is 0. The van der Waals surface area contributed by atoms with Gasteiger partial charge in [-0.2, -0.15) is 8.42 Å². The Morgan fingerprint density at radius 3 is 2.63 bits per heavy atom. The zero-order chi connectivity index (χ0) is 14.2. The molecule has 0 amide bonds. The Morgan fingerprint density at radius 1 is 1.42 bits per heavy atom. The van der Waals surface area contributed by atoms with Gasteiger partial charge in [-0.15, -0.1) is 5.10 Å². The van der Waals surface area contributed by atoms with Crippen molar-refractivity contribution in [1.29, 1.82) is 0 Å². The summed E-state index contributed by atoms with van der Waals surface area (Å²) < 4.78 is 27.3. The lowest BCUT2D eigenvalue weighted by molar-refractivity contribution is 0.475. The molecule has 0 spiro atoms. The molecule has 7 nitrogen and oxygen atoms in total. The summed E-state index contributed by atoms with van der Waals surface area (Å²) >= 11 is 3.06. The van der Waals surface area contributed by atoms with Crippen LogP contribution < -0.4 is 4.31 Å². The highest BCUT2D eigenvalue weighted by molar-refractivity contribution is 9.10. The molecule has 19 heavy (non-hydrogen) atoms. The van der Waals surface area contributed by atoms with E-state index < -0.39 is 10.0 Å². The van der Waals surface area contributed by atoms with E-state index in [9.17, 15) is 13.5 Å². The van der Waals surface area contributed by atoms with Gasteiger partial charge in [0.1, 0.15) is 5.75 Å². The topological polar surface area (TPSA) is 88.3 Å². The second-order valence-corrected chi connectivity index (χ2v) is 6.44. The number of phenolic OH excluding ortho intramolecular Hbond substituents is 1. The normalized spacial score (nSPS) is 11.5. The third-order valence-corrected chi connectivity index (χ3v) is 5.21. The summed E-state index contributed by atoms with van der Waals surface area (Å²) in [4.78, 5) is 0. The average molecular weight is 347 g/mol. The van der Waals surface area contributed by atoms with Gasteiger partial charge in [0.15, 0.2) is 4.60 Å². The minimum atomic E-state index is -3.81. The number of nitrogens with zero attached hydrogens (tertiary/aromatic N) is 4. The molecule has 0 radical (unpaired) electrons. The first kappa shape index (κ1) is 13.8. The van der Waals surface area contributed by atoms with E-state index in [1.54, 1.807) is 12.1 Å². The Kier molecular flexibility index (Phi) is 3.50. The predicted octanol–water partition coefficient (Wildman–Crippen LogP) is 1.11. The lowest BCUT2D eigenvalue weighted by Gasteiger charge is -2.19. The van der Waals surface area contributed by atoms with Gasteiger partial charge in [0.25, 0.3) is 10.0 Å². The molecule has 1 aromatic carbocycles. The fourth-order valence-corrected chi connectivity index (χ4v) is 3.77. The van der Waals surface area contributed by atoms with E-state index in [1.807, 2.05) is 0 Å². The molecular formula is C10H11BrN4O3S. The van der Waals surface area contributed by atoms with Crippen LogP contribution in [0.5, 0.6) is 5.75 Å². The monoisotopic (exact) mass is 346 g/mol. The first-order valence-corrected chi connectivity index (χ1v) is 7.40. The number of halogens is 1. The predicted molar refractivity (Wildman–Crippen MR) is 72.4 cm³/mol. The van der Waals surface area contributed by atoms with Crippen molar-refractivity contribution in [3.8, 4) is 5.75 Å². The number of anilines is 1. The van der Waals surface area contributed by atoms with E-state index in [0.29, 0.717) is 5.69 Å². The number of phenols is 1. The smallest absolute Gasteiger partial charge is 0.284 e. The molecule has 0 fully saturated rings. The number of aryl methyl sites for hydroxylation is 1. The van der Waals surface area contributed by atoms with Crippen molar-refractivity contribution >= 4 is 31.6 Å². The Bertz CT molecular complexity index is 694. The van der Waals surface area contributed by atoms with Gasteiger partial charge in [-0.3, -0.25) is 4.31 Å². The van der Waals surface area contributed by atoms with Gasteiger partial charge in [0, 0.05) is 20.2 Å². The minimum absolute atomic E-state index is 0.0123. The summed E-state index contributed by atoms with van der Waals surface area (Å²) in [5, 5.41) is 16.6. The van der Waals surface area contributed by atoms with Crippen molar-refractivity contribution in [3.63, 3.8) is 0 Å². The number of sulfonamides is 1. The maximum absolute atomic E-state index is 12.5. The summed E-state index contributed by atoms with van der Waals surface area (Å²) in [5.74, 6) is -0.0123. The van der Waals surface area contributed by atoms with Crippen molar-refractivity contribution in [1.82, 2.24) is 15.0 Å². The highest BCUT2D eigenvalue weighted by Crippen LogP contribution is 2.27. The highest BCUT2D eigenvalue weighted by atomic mass is 79.9. The molecule has 9 heteroatoms. The fourth-order valence-electron chi connectivity index (χ4n) is 1.55. The van der Waals surface area contributed by atoms with Gasteiger partial charge in [-0.1, -0.05) is 11.3 Å². The van der Waals surface area contributed by atoms with Gasteiger partial charge in [0.05, 0.1) is 5.69 Å². The van der Waals surface area contributed by atoms with Gasteiger partial charge >= 0.3 is 0 Å². The number of benzene rings is 1. The van der Waals surface area contributed by atoms with Gasteiger partial charge in [0.2, 0.25) is 5.03 Å². The summed E-state index contributed by atoms with van der Waals surface area (Å²) in [6.07, 6.45) is 0. The lowest BCUT2D eigenvalue weighted by atomic mass is 10.3. The molecule has 1 heterocycles. The fraction of sp³-hybridized carbons (Fsp3) is 0.200. The molecule has 0 saturated heterocycles. The van der Waals surface area contributed by atoms with Crippen LogP contribution in [0.2, 0.25) is 0 Å². The van der Waals surface area contributed by atoms with E-state index in [2.05, 4.69) is 26.2 Å². The second-order valence-electron chi connectivity index (χ2n) is 3.80. The summed E-state index contributed by atoms with van der Waals surface area (Å²) in [7, 11) is -0.934. The van der Waals surface area contributed by atoms with Crippen molar-refractivity contribution in [3.05, 3.63) is 28.9 Å². The van der Waals surface area contributed by atoms with Crippen LogP contribution in [0.15, 0.2) is 33.9 Å². The average Bonchev–Trinajstić information content (AvgIpc) is 2.68. The summed E-state index contributed by atoms with van der Waals surface area (Å²) in [6, 6.07) is 5.96. The first-order chi connectivity index (χ1) is 8.84. The van der Waals surface area contributed by atoms with Crippen molar-refractivity contribution < 1.29 is 13.5 Å². The molecule has 0 saturated carbocycles. The van der Waals surface area contributed by atoms with E-state index in [1.165, 1.54) is 30.9 Å². The largest absolute Gasteiger partial charge is 0.508 e. The number of hydrogen-bond acceptors (Lipinski definition) is 5. The van der Waals surface area contributed by atoms with Crippen LogP contribution in [-0.2, 0) is 17.1 Å². The molecule has 0 atom stereocenters. The van der Waals surface area contributed by atoms with Gasteiger partial charge in [-0.05, 0) is 28.1 Å². The zero-order valence-corrected chi connectivity index (χ0v) is 12.6. The van der Waals surface area contributed by atoms with Crippen molar-refractivity contribution in [2.24, 2.45) is 7.05 Å². The summed E-state index contributed by atoms with van der Waals surface area (Å²) in [5.41, 5.74) is 0.341. The molecule has 0 aliphatic rings. The SMILES string of the molecule is CN(c1cccc(O)c1)S(=O)(=O)c1c(Br)nnn1C. The number of hydrogen-bond donors (Lipinski definition) is 1. The van der Waals surface area contributed by atoms with E-state index in [0.717, 1.165) is 4.31 Å². The van der Waals surface area contributed by atoms with Crippen LogP contribution in [0.4, 0.5) is 5.69 Å². The van der Waals surface area contributed by atoms with Crippen LogP contribution in [-0.4, -0.2) is 35.6 Å². The maximum atomic E-state index is 12.5. The molecule has 0 bridgehead atoms. The molecule has 0 aliphatic heterocycles. The maximum Gasteiger partial charge on any atom is 0.284 e. The quantitative estimate of drug-likeness (QED) is 0.899.